The van der Waals surface area contributed by atoms with Crippen LogP contribution in [0.3, 0.4) is 0 Å². The SMILES string of the molecule is CC/[N+](=C/Cl)N1CCCCCC1. The van der Waals surface area contributed by atoms with E-state index < -0.39 is 0 Å². The van der Waals surface area contributed by atoms with Gasteiger partial charge in [-0.3, -0.25) is 0 Å². The Kier molecular flexibility index (Phi) is 4.44. The zero-order valence-electron chi connectivity index (χ0n) is 7.80. The van der Waals surface area contributed by atoms with Crippen LogP contribution in [0.15, 0.2) is 0 Å². The van der Waals surface area contributed by atoms with Crippen molar-refractivity contribution in [1.29, 1.82) is 0 Å². The van der Waals surface area contributed by atoms with Crippen LogP contribution in [-0.2, 0) is 0 Å². The molecule has 70 valence electrons. The van der Waals surface area contributed by atoms with Crippen molar-refractivity contribution in [2.75, 3.05) is 19.6 Å². The summed E-state index contributed by atoms with van der Waals surface area (Å²) in [6.45, 7) is 5.43. The van der Waals surface area contributed by atoms with Crippen LogP contribution >= 0.6 is 11.6 Å². The molecule has 0 aromatic rings. The lowest BCUT2D eigenvalue weighted by atomic mass is 10.2. The van der Waals surface area contributed by atoms with E-state index >= 15 is 0 Å². The maximum atomic E-state index is 5.71. The van der Waals surface area contributed by atoms with E-state index in [9.17, 15) is 0 Å². The Morgan fingerprint density at radius 1 is 1.25 bits per heavy atom. The molecule has 0 aromatic carbocycles. The van der Waals surface area contributed by atoms with E-state index in [2.05, 4.69) is 16.6 Å². The monoisotopic (exact) mass is 189 g/mol. The molecule has 0 aliphatic carbocycles. The molecule has 1 aliphatic rings. The summed E-state index contributed by atoms with van der Waals surface area (Å²) >= 11 is 5.71. The van der Waals surface area contributed by atoms with Crippen LogP contribution in [0.4, 0.5) is 0 Å². The van der Waals surface area contributed by atoms with Crippen LogP contribution in [0.2, 0.25) is 0 Å². The smallest absolute Gasteiger partial charge is 0.185 e. The molecule has 0 unspecified atom stereocenters. The van der Waals surface area contributed by atoms with E-state index in [0.717, 1.165) is 19.6 Å². The summed E-state index contributed by atoms with van der Waals surface area (Å²) in [6.07, 6.45) is 5.36. The van der Waals surface area contributed by atoms with Gasteiger partial charge in [0.05, 0.1) is 13.1 Å². The zero-order chi connectivity index (χ0) is 8.81. The summed E-state index contributed by atoms with van der Waals surface area (Å²) in [7, 11) is 0. The highest BCUT2D eigenvalue weighted by atomic mass is 35.5. The number of hydrogen-bond donors (Lipinski definition) is 0. The molecular weight excluding hydrogens is 172 g/mol. The Hall–Kier alpha value is -0.240. The van der Waals surface area contributed by atoms with Crippen LogP contribution in [0.25, 0.3) is 0 Å². The first-order valence-electron chi connectivity index (χ1n) is 4.83. The average molecular weight is 190 g/mol. The molecule has 0 N–H and O–H groups in total. The molecule has 1 heterocycles. The van der Waals surface area contributed by atoms with Gasteiger partial charge < -0.3 is 0 Å². The van der Waals surface area contributed by atoms with Gasteiger partial charge in [-0.25, -0.2) is 0 Å². The van der Waals surface area contributed by atoms with Gasteiger partial charge in [0.25, 0.3) is 5.67 Å². The quantitative estimate of drug-likeness (QED) is 0.476. The zero-order valence-corrected chi connectivity index (χ0v) is 8.56. The van der Waals surface area contributed by atoms with Crippen molar-refractivity contribution in [3.8, 4) is 0 Å². The molecule has 0 atom stereocenters. The van der Waals surface area contributed by atoms with Gasteiger partial charge in [0.1, 0.15) is 0 Å². The topological polar surface area (TPSA) is 6.25 Å². The summed E-state index contributed by atoms with van der Waals surface area (Å²) < 4.78 is 2.10. The molecule has 1 aliphatic heterocycles. The van der Waals surface area contributed by atoms with Crippen molar-refractivity contribution in [2.45, 2.75) is 32.6 Å². The lowest BCUT2D eigenvalue weighted by Crippen LogP contribution is -2.36. The second-order valence-corrected chi connectivity index (χ2v) is 3.42. The number of hydrazine groups is 1. The largest absolute Gasteiger partial charge is 0.261 e. The molecule has 0 radical (unpaired) electrons. The van der Waals surface area contributed by atoms with E-state index in [0.29, 0.717) is 0 Å². The van der Waals surface area contributed by atoms with Gasteiger partial charge in [-0.1, -0.05) is 12.8 Å². The molecule has 1 rings (SSSR count). The van der Waals surface area contributed by atoms with E-state index in [1.807, 2.05) is 0 Å². The standard InChI is InChI=1S/C9H18ClN2/c1-2-11(9-10)12-7-5-3-4-6-8-12/h9H,2-8H2,1H3/q+1/b11-9-. The van der Waals surface area contributed by atoms with Crippen LogP contribution in [-0.4, -0.2) is 35.0 Å². The first kappa shape index (κ1) is 9.85. The maximum absolute atomic E-state index is 5.71. The lowest BCUT2D eigenvalue weighted by Gasteiger charge is -2.16. The van der Waals surface area contributed by atoms with Gasteiger partial charge in [-0.05, 0) is 31.4 Å². The summed E-state index contributed by atoms with van der Waals surface area (Å²) in [5.41, 5.74) is 1.66. The van der Waals surface area contributed by atoms with Crippen molar-refractivity contribution < 1.29 is 4.68 Å². The molecule has 3 heteroatoms. The molecular formula is C9H18ClN2+. The minimum atomic E-state index is 0.976. The first-order valence-corrected chi connectivity index (χ1v) is 5.27. The predicted octanol–water partition coefficient (Wildman–Crippen LogP) is 2.08. The molecule has 0 spiro atoms. The second kappa shape index (κ2) is 5.41. The predicted molar refractivity (Wildman–Crippen MR) is 52.8 cm³/mol. The van der Waals surface area contributed by atoms with Crippen molar-refractivity contribution in [1.82, 2.24) is 5.01 Å². The second-order valence-electron chi connectivity index (χ2n) is 3.22. The number of rotatable bonds is 2. The fourth-order valence-corrected chi connectivity index (χ4v) is 1.90. The van der Waals surface area contributed by atoms with Crippen LogP contribution in [0, 0.1) is 0 Å². The minimum absolute atomic E-state index is 0.976. The Labute approximate surface area is 79.8 Å². The Morgan fingerprint density at radius 2 is 1.83 bits per heavy atom. The number of halogens is 1. The van der Waals surface area contributed by atoms with Gasteiger partial charge in [0.2, 0.25) is 0 Å². The molecule has 0 aromatic heterocycles. The van der Waals surface area contributed by atoms with Gasteiger partial charge in [0, 0.05) is 0 Å². The first-order chi connectivity index (χ1) is 5.88. The normalized spacial score (nSPS) is 20.8. The highest BCUT2D eigenvalue weighted by Crippen LogP contribution is 2.09. The Morgan fingerprint density at radius 3 is 2.25 bits per heavy atom. The Balaban J connectivity index is 2.47. The fourth-order valence-electron chi connectivity index (χ4n) is 1.64. The summed E-state index contributed by atoms with van der Waals surface area (Å²) in [5.74, 6) is 0. The maximum Gasteiger partial charge on any atom is 0.261 e. The van der Waals surface area contributed by atoms with E-state index in [4.69, 9.17) is 11.6 Å². The highest BCUT2D eigenvalue weighted by Gasteiger charge is 2.15. The van der Waals surface area contributed by atoms with E-state index in [1.165, 1.54) is 25.7 Å². The minimum Gasteiger partial charge on any atom is -0.185 e. The van der Waals surface area contributed by atoms with Crippen molar-refractivity contribution >= 4 is 17.3 Å². The van der Waals surface area contributed by atoms with Crippen molar-refractivity contribution in [3.05, 3.63) is 0 Å². The molecule has 2 nitrogen and oxygen atoms in total. The van der Waals surface area contributed by atoms with Crippen molar-refractivity contribution in [3.63, 3.8) is 0 Å². The fraction of sp³-hybridized carbons (Fsp3) is 0.889. The van der Waals surface area contributed by atoms with Crippen molar-refractivity contribution in [2.24, 2.45) is 0 Å². The summed E-state index contributed by atoms with van der Waals surface area (Å²) in [6, 6.07) is 0. The molecule has 0 amide bonds. The van der Waals surface area contributed by atoms with Gasteiger partial charge >= 0.3 is 0 Å². The third-order valence-electron chi connectivity index (χ3n) is 2.38. The third-order valence-corrected chi connectivity index (χ3v) is 2.61. The van der Waals surface area contributed by atoms with E-state index in [-0.39, 0.29) is 0 Å². The van der Waals surface area contributed by atoms with E-state index in [1.54, 1.807) is 5.67 Å². The van der Waals surface area contributed by atoms with Crippen LogP contribution < -0.4 is 0 Å². The van der Waals surface area contributed by atoms with Gasteiger partial charge in [-0.15, -0.1) is 4.68 Å². The molecule has 1 saturated heterocycles. The number of nitrogens with zero attached hydrogens (tertiary/aromatic N) is 2. The molecule has 0 saturated carbocycles. The molecule has 0 bridgehead atoms. The van der Waals surface area contributed by atoms with Crippen LogP contribution in [0.1, 0.15) is 32.6 Å². The molecule has 12 heavy (non-hydrogen) atoms. The average Bonchev–Trinajstić information content (AvgIpc) is 2.35. The summed E-state index contributed by atoms with van der Waals surface area (Å²) in [4.78, 5) is 0. The lowest BCUT2D eigenvalue weighted by molar-refractivity contribution is -0.682. The van der Waals surface area contributed by atoms with Crippen LogP contribution in [0.5, 0.6) is 0 Å². The highest BCUT2D eigenvalue weighted by molar-refractivity contribution is 6.54. The third kappa shape index (κ3) is 2.67. The van der Waals surface area contributed by atoms with Gasteiger partial charge in [-0.2, -0.15) is 5.01 Å². The molecule has 1 fully saturated rings. The number of hydrogen-bond acceptors (Lipinski definition) is 1. The van der Waals surface area contributed by atoms with Gasteiger partial charge in [0.15, 0.2) is 6.54 Å². The number of hydrazone groups is 1. The summed E-state index contributed by atoms with van der Waals surface area (Å²) in [5, 5.41) is 2.35. The Bertz CT molecular complexity index is 149.